The van der Waals surface area contributed by atoms with Crippen LogP contribution in [0.1, 0.15) is 32.3 Å². The number of anilines is 1. The molecule has 3 nitrogen and oxygen atoms in total. The Balaban J connectivity index is 1.97. The standard InChI is InChI=1S/C15H25N3S/c1-3-13(16)9-12-5-6-15(17-10-12)18-7-8-19-14(4-2)11-18/h5-6,10,13-14H,3-4,7-9,11,16H2,1-2H3. The van der Waals surface area contributed by atoms with Crippen LogP contribution in [-0.4, -0.2) is 35.1 Å². The number of aromatic nitrogens is 1. The van der Waals surface area contributed by atoms with E-state index >= 15 is 0 Å². The van der Waals surface area contributed by atoms with Gasteiger partial charge in [-0.2, -0.15) is 11.8 Å². The van der Waals surface area contributed by atoms with Gasteiger partial charge in [0.2, 0.25) is 0 Å². The summed E-state index contributed by atoms with van der Waals surface area (Å²) in [6.45, 7) is 6.64. The molecule has 2 atom stereocenters. The van der Waals surface area contributed by atoms with E-state index in [1.54, 1.807) is 0 Å². The zero-order valence-electron chi connectivity index (χ0n) is 12.0. The van der Waals surface area contributed by atoms with Crippen molar-refractivity contribution >= 4 is 17.6 Å². The van der Waals surface area contributed by atoms with Crippen LogP contribution in [0.4, 0.5) is 5.82 Å². The molecule has 1 aliphatic heterocycles. The zero-order chi connectivity index (χ0) is 13.7. The van der Waals surface area contributed by atoms with Gasteiger partial charge in [-0.1, -0.05) is 19.9 Å². The molecule has 0 spiro atoms. The molecule has 0 saturated carbocycles. The van der Waals surface area contributed by atoms with E-state index in [9.17, 15) is 0 Å². The fourth-order valence-corrected chi connectivity index (χ4v) is 3.53. The molecule has 0 aromatic carbocycles. The molecule has 1 aliphatic rings. The minimum absolute atomic E-state index is 0.253. The Hall–Kier alpha value is -0.740. The Bertz CT molecular complexity index is 379. The van der Waals surface area contributed by atoms with Gasteiger partial charge >= 0.3 is 0 Å². The van der Waals surface area contributed by atoms with Crippen LogP contribution >= 0.6 is 11.8 Å². The van der Waals surface area contributed by atoms with Crippen LogP contribution < -0.4 is 10.6 Å². The van der Waals surface area contributed by atoms with Crippen molar-refractivity contribution in [3.05, 3.63) is 23.9 Å². The van der Waals surface area contributed by atoms with Gasteiger partial charge in [0.25, 0.3) is 0 Å². The van der Waals surface area contributed by atoms with Crippen LogP contribution in [0.2, 0.25) is 0 Å². The van der Waals surface area contributed by atoms with Crippen molar-refractivity contribution in [2.24, 2.45) is 5.73 Å². The Kier molecular flexibility index (Phi) is 5.52. The lowest BCUT2D eigenvalue weighted by Crippen LogP contribution is -2.38. The van der Waals surface area contributed by atoms with E-state index in [1.165, 1.54) is 17.7 Å². The first-order chi connectivity index (χ1) is 9.22. The summed E-state index contributed by atoms with van der Waals surface area (Å²) in [6, 6.07) is 4.59. The number of pyridine rings is 1. The predicted octanol–water partition coefficient (Wildman–Crippen LogP) is 2.69. The maximum absolute atomic E-state index is 5.98. The quantitative estimate of drug-likeness (QED) is 0.900. The van der Waals surface area contributed by atoms with Crippen molar-refractivity contribution in [3.63, 3.8) is 0 Å². The molecule has 4 heteroatoms. The highest BCUT2D eigenvalue weighted by atomic mass is 32.2. The van der Waals surface area contributed by atoms with E-state index in [1.807, 2.05) is 6.20 Å². The Labute approximate surface area is 121 Å². The number of thioether (sulfide) groups is 1. The van der Waals surface area contributed by atoms with E-state index in [4.69, 9.17) is 5.73 Å². The van der Waals surface area contributed by atoms with Crippen LogP contribution in [0.15, 0.2) is 18.3 Å². The number of nitrogens with zero attached hydrogens (tertiary/aromatic N) is 2. The number of hydrogen-bond donors (Lipinski definition) is 1. The summed E-state index contributed by atoms with van der Waals surface area (Å²) in [5, 5.41) is 0.753. The molecule has 1 aromatic rings. The third-order valence-electron chi connectivity index (χ3n) is 3.75. The van der Waals surface area contributed by atoms with Gasteiger partial charge in [-0.25, -0.2) is 4.98 Å². The summed E-state index contributed by atoms with van der Waals surface area (Å²) in [5.74, 6) is 2.33. The molecule has 1 saturated heterocycles. The normalized spacial score (nSPS) is 21.4. The maximum Gasteiger partial charge on any atom is 0.128 e. The second-order valence-electron chi connectivity index (χ2n) is 5.24. The van der Waals surface area contributed by atoms with Crippen LogP contribution in [0.5, 0.6) is 0 Å². The summed E-state index contributed by atoms with van der Waals surface area (Å²) >= 11 is 2.09. The fraction of sp³-hybridized carbons (Fsp3) is 0.667. The first-order valence-electron chi connectivity index (χ1n) is 7.30. The molecular weight excluding hydrogens is 254 g/mol. The molecule has 2 rings (SSSR count). The lowest BCUT2D eigenvalue weighted by atomic mass is 10.1. The van der Waals surface area contributed by atoms with Crippen molar-refractivity contribution in [1.82, 2.24) is 4.98 Å². The zero-order valence-corrected chi connectivity index (χ0v) is 12.8. The van der Waals surface area contributed by atoms with E-state index in [-0.39, 0.29) is 6.04 Å². The molecule has 2 heterocycles. The molecule has 19 heavy (non-hydrogen) atoms. The van der Waals surface area contributed by atoms with Gasteiger partial charge in [0.15, 0.2) is 0 Å². The van der Waals surface area contributed by atoms with Gasteiger partial charge in [-0.15, -0.1) is 0 Å². The summed E-state index contributed by atoms with van der Waals surface area (Å²) in [6.07, 6.45) is 5.18. The largest absolute Gasteiger partial charge is 0.355 e. The minimum atomic E-state index is 0.253. The van der Waals surface area contributed by atoms with E-state index in [2.05, 4.69) is 47.6 Å². The van der Waals surface area contributed by atoms with Gasteiger partial charge in [-0.3, -0.25) is 0 Å². The molecule has 0 bridgehead atoms. The molecule has 1 aromatic heterocycles. The summed E-state index contributed by atoms with van der Waals surface area (Å²) in [7, 11) is 0. The monoisotopic (exact) mass is 279 g/mol. The Morgan fingerprint density at radius 3 is 2.95 bits per heavy atom. The van der Waals surface area contributed by atoms with Crippen molar-refractivity contribution in [2.45, 2.75) is 44.4 Å². The first-order valence-corrected chi connectivity index (χ1v) is 8.34. The van der Waals surface area contributed by atoms with Crippen molar-refractivity contribution in [1.29, 1.82) is 0 Å². The van der Waals surface area contributed by atoms with Crippen molar-refractivity contribution < 1.29 is 0 Å². The average Bonchev–Trinajstić information content (AvgIpc) is 2.48. The Morgan fingerprint density at radius 2 is 2.32 bits per heavy atom. The number of hydrogen-bond acceptors (Lipinski definition) is 4. The average molecular weight is 279 g/mol. The fourth-order valence-electron chi connectivity index (χ4n) is 2.35. The van der Waals surface area contributed by atoms with E-state index in [0.29, 0.717) is 0 Å². The molecule has 2 N–H and O–H groups in total. The Morgan fingerprint density at radius 1 is 1.47 bits per heavy atom. The molecule has 106 valence electrons. The lowest BCUT2D eigenvalue weighted by Gasteiger charge is -2.32. The van der Waals surface area contributed by atoms with Gasteiger partial charge in [0.1, 0.15) is 5.82 Å². The van der Waals surface area contributed by atoms with Crippen molar-refractivity contribution in [3.8, 4) is 0 Å². The summed E-state index contributed by atoms with van der Waals surface area (Å²) in [4.78, 5) is 7.03. The van der Waals surface area contributed by atoms with Gasteiger partial charge in [0, 0.05) is 36.3 Å². The number of rotatable bonds is 5. The van der Waals surface area contributed by atoms with Gasteiger partial charge in [-0.05, 0) is 30.9 Å². The van der Waals surface area contributed by atoms with Gasteiger partial charge in [0.05, 0.1) is 0 Å². The van der Waals surface area contributed by atoms with E-state index in [0.717, 1.165) is 37.0 Å². The third kappa shape index (κ3) is 4.11. The first kappa shape index (κ1) is 14.7. The maximum atomic E-state index is 5.98. The minimum Gasteiger partial charge on any atom is -0.355 e. The smallest absolute Gasteiger partial charge is 0.128 e. The molecule has 2 unspecified atom stereocenters. The summed E-state index contributed by atoms with van der Waals surface area (Å²) < 4.78 is 0. The highest BCUT2D eigenvalue weighted by Crippen LogP contribution is 2.24. The molecule has 0 radical (unpaired) electrons. The molecule has 0 amide bonds. The summed E-state index contributed by atoms with van der Waals surface area (Å²) in [5.41, 5.74) is 7.23. The topological polar surface area (TPSA) is 42.1 Å². The van der Waals surface area contributed by atoms with Gasteiger partial charge < -0.3 is 10.6 Å². The van der Waals surface area contributed by atoms with Crippen molar-refractivity contribution in [2.75, 3.05) is 23.7 Å². The lowest BCUT2D eigenvalue weighted by molar-refractivity contribution is 0.644. The second kappa shape index (κ2) is 7.15. The highest BCUT2D eigenvalue weighted by molar-refractivity contribution is 8.00. The number of nitrogens with two attached hydrogens (primary N) is 1. The second-order valence-corrected chi connectivity index (χ2v) is 6.65. The van der Waals surface area contributed by atoms with Crippen LogP contribution in [-0.2, 0) is 6.42 Å². The van der Waals surface area contributed by atoms with E-state index < -0.39 is 0 Å². The van der Waals surface area contributed by atoms with Crippen LogP contribution in [0.3, 0.4) is 0 Å². The van der Waals surface area contributed by atoms with Crippen LogP contribution in [0.25, 0.3) is 0 Å². The predicted molar refractivity (Wildman–Crippen MR) is 85.0 cm³/mol. The molecular formula is C15H25N3S. The third-order valence-corrected chi connectivity index (χ3v) is 5.12. The SMILES string of the molecule is CCC(N)Cc1ccc(N2CCSC(CC)C2)nc1. The molecule has 0 aliphatic carbocycles. The highest BCUT2D eigenvalue weighted by Gasteiger charge is 2.19. The van der Waals surface area contributed by atoms with Crippen LogP contribution in [0, 0.1) is 0 Å². The molecule has 1 fully saturated rings.